The number of likely N-dealkylation sites (tertiary alicyclic amines) is 1. The number of nitrogens with zero attached hydrogens (tertiary/aromatic N) is 5. The number of hydrogen-bond donors (Lipinski definition) is 1. The van der Waals surface area contributed by atoms with E-state index in [1.807, 2.05) is 10.9 Å². The predicted octanol–water partition coefficient (Wildman–Crippen LogP) is 1.07. The Bertz CT molecular complexity index is 798. The Hall–Kier alpha value is -2.19. The van der Waals surface area contributed by atoms with Crippen molar-refractivity contribution in [3.8, 4) is 0 Å². The molecule has 0 unspecified atom stereocenters. The van der Waals surface area contributed by atoms with Gasteiger partial charge in [-0.2, -0.15) is 10.2 Å². The van der Waals surface area contributed by atoms with Gasteiger partial charge in [-0.05, 0) is 19.9 Å². The fraction of sp³-hybridized carbons (Fsp3) is 0.632. The molecular formula is C19H28N6O2. The SMILES string of the molecule is CC(C)n1cc(CN2C[C@H]3[C@H](CNC(=O)c4ccnn4C)CO[C@H]3C2)cn1. The molecule has 2 aromatic rings. The van der Waals surface area contributed by atoms with E-state index in [2.05, 4.69) is 40.5 Å². The van der Waals surface area contributed by atoms with E-state index in [1.54, 1.807) is 24.0 Å². The Morgan fingerprint density at radius 1 is 1.37 bits per heavy atom. The summed E-state index contributed by atoms with van der Waals surface area (Å²) < 4.78 is 9.61. The number of amides is 1. The zero-order valence-corrected chi connectivity index (χ0v) is 16.2. The molecule has 2 saturated heterocycles. The minimum Gasteiger partial charge on any atom is -0.376 e. The molecule has 8 heteroatoms. The van der Waals surface area contributed by atoms with Crippen molar-refractivity contribution >= 4 is 5.91 Å². The molecular weight excluding hydrogens is 344 g/mol. The van der Waals surface area contributed by atoms with Gasteiger partial charge in [0.1, 0.15) is 5.69 Å². The second kappa shape index (κ2) is 7.44. The fourth-order valence-electron chi connectivity index (χ4n) is 4.13. The van der Waals surface area contributed by atoms with Crippen LogP contribution in [0.1, 0.15) is 35.9 Å². The third kappa shape index (κ3) is 3.77. The number of fused-ring (bicyclic) bond motifs is 1. The van der Waals surface area contributed by atoms with Gasteiger partial charge in [0.2, 0.25) is 0 Å². The van der Waals surface area contributed by atoms with Gasteiger partial charge in [0.25, 0.3) is 5.91 Å². The molecule has 1 amide bonds. The Balaban J connectivity index is 1.30. The molecule has 4 heterocycles. The quantitative estimate of drug-likeness (QED) is 0.821. The zero-order valence-electron chi connectivity index (χ0n) is 16.2. The van der Waals surface area contributed by atoms with Crippen LogP contribution in [0.2, 0.25) is 0 Å². The lowest BCUT2D eigenvalue weighted by Gasteiger charge is -2.19. The average molecular weight is 372 g/mol. The van der Waals surface area contributed by atoms with Crippen molar-refractivity contribution in [1.29, 1.82) is 0 Å². The third-order valence-corrected chi connectivity index (χ3v) is 5.68. The first-order valence-electron chi connectivity index (χ1n) is 9.64. The Morgan fingerprint density at radius 2 is 2.22 bits per heavy atom. The van der Waals surface area contributed by atoms with Gasteiger partial charge >= 0.3 is 0 Å². The molecule has 3 atom stereocenters. The normalized spacial score (nSPS) is 25.3. The number of carbonyl (C=O) groups excluding carboxylic acids is 1. The van der Waals surface area contributed by atoms with Crippen LogP contribution in [0.4, 0.5) is 0 Å². The van der Waals surface area contributed by atoms with E-state index in [4.69, 9.17) is 4.74 Å². The predicted molar refractivity (Wildman–Crippen MR) is 100 cm³/mol. The van der Waals surface area contributed by atoms with Crippen LogP contribution >= 0.6 is 0 Å². The van der Waals surface area contributed by atoms with Gasteiger partial charge in [0, 0.05) is 69.1 Å². The molecule has 0 aliphatic carbocycles. The highest BCUT2D eigenvalue weighted by molar-refractivity contribution is 5.92. The van der Waals surface area contributed by atoms with Crippen molar-refractivity contribution in [2.45, 2.75) is 32.5 Å². The van der Waals surface area contributed by atoms with E-state index in [0.29, 0.717) is 30.1 Å². The summed E-state index contributed by atoms with van der Waals surface area (Å²) in [5.41, 5.74) is 1.82. The smallest absolute Gasteiger partial charge is 0.269 e. The van der Waals surface area contributed by atoms with Crippen LogP contribution in [0.3, 0.4) is 0 Å². The first-order valence-corrected chi connectivity index (χ1v) is 9.64. The molecule has 1 N–H and O–H groups in total. The lowest BCUT2D eigenvalue weighted by Crippen LogP contribution is -2.35. The van der Waals surface area contributed by atoms with Crippen molar-refractivity contribution in [3.63, 3.8) is 0 Å². The molecule has 4 rings (SSSR count). The summed E-state index contributed by atoms with van der Waals surface area (Å²) in [6.45, 7) is 8.49. The van der Waals surface area contributed by atoms with E-state index < -0.39 is 0 Å². The van der Waals surface area contributed by atoms with Crippen LogP contribution in [-0.4, -0.2) is 62.7 Å². The third-order valence-electron chi connectivity index (χ3n) is 5.68. The Kier molecular flexibility index (Phi) is 5.01. The molecule has 2 aromatic heterocycles. The van der Waals surface area contributed by atoms with Gasteiger partial charge in [-0.1, -0.05) is 0 Å². The van der Waals surface area contributed by atoms with Gasteiger partial charge in [-0.15, -0.1) is 0 Å². The molecule has 0 saturated carbocycles. The Labute approximate surface area is 159 Å². The summed E-state index contributed by atoms with van der Waals surface area (Å²) in [6, 6.07) is 2.12. The molecule has 0 aromatic carbocycles. The minimum absolute atomic E-state index is 0.0746. The fourth-order valence-corrected chi connectivity index (χ4v) is 4.13. The molecule has 0 radical (unpaired) electrons. The van der Waals surface area contributed by atoms with Crippen molar-refractivity contribution in [3.05, 3.63) is 35.9 Å². The zero-order chi connectivity index (χ0) is 19.0. The summed E-state index contributed by atoms with van der Waals surface area (Å²) in [5.74, 6) is 0.752. The van der Waals surface area contributed by atoms with Crippen LogP contribution in [0.25, 0.3) is 0 Å². The number of nitrogens with one attached hydrogen (secondary N) is 1. The van der Waals surface area contributed by atoms with E-state index in [0.717, 1.165) is 26.2 Å². The molecule has 0 bridgehead atoms. The summed E-state index contributed by atoms with van der Waals surface area (Å²) in [7, 11) is 1.78. The second-order valence-corrected chi connectivity index (χ2v) is 7.96. The van der Waals surface area contributed by atoms with Crippen LogP contribution in [0, 0.1) is 11.8 Å². The molecule has 8 nitrogen and oxygen atoms in total. The van der Waals surface area contributed by atoms with Crippen molar-refractivity contribution in [2.24, 2.45) is 18.9 Å². The number of aromatic nitrogens is 4. The largest absolute Gasteiger partial charge is 0.376 e. The standard InChI is InChI=1S/C19H28N6O2/c1-13(2)25-9-14(6-22-25)8-24-10-16-15(12-27-18(16)11-24)7-20-19(26)17-4-5-21-23(17)3/h4-6,9,13,15-16,18H,7-8,10-12H2,1-3H3,(H,20,26)/t15-,16+,18+/m1/s1. The summed E-state index contributed by atoms with van der Waals surface area (Å²) >= 11 is 0. The van der Waals surface area contributed by atoms with E-state index in [9.17, 15) is 4.79 Å². The van der Waals surface area contributed by atoms with Gasteiger partial charge < -0.3 is 10.1 Å². The molecule has 2 fully saturated rings. The maximum Gasteiger partial charge on any atom is 0.269 e. The van der Waals surface area contributed by atoms with Crippen molar-refractivity contribution in [2.75, 3.05) is 26.2 Å². The van der Waals surface area contributed by atoms with Gasteiger partial charge in [-0.25, -0.2) is 0 Å². The lowest BCUT2D eigenvalue weighted by molar-refractivity contribution is 0.0898. The first-order chi connectivity index (χ1) is 13.0. The lowest BCUT2D eigenvalue weighted by atomic mass is 9.93. The molecule has 0 spiro atoms. The maximum absolute atomic E-state index is 12.3. The maximum atomic E-state index is 12.3. The number of ether oxygens (including phenoxy) is 1. The highest BCUT2D eigenvalue weighted by atomic mass is 16.5. The van der Waals surface area contributed by atoms with E-state index in [-0.39, 0.29) is 12.0 Å². The van der Waals surface area contributed by atoms with Crippen LogP contribution < -0.4 is 5.32 Å². The monoisotopic (exact) mass is 372 g/mol. The summed E-state index contributed by atoms with van der Waals surface area (Å²) in [5, 5.41) is 11.5. The Morgan fingerprint density at radius 3 is 2.93 bits per heavy atom. The number of carbonyl (C=O) groups is 1. The van der Waals surface area contributed by atoms with Gasteiger partial charge in [-0.3, -0.25) is 19.1 Å². The number of rotatable bonds is 6. The van der Waals surface area contributed by atoms with Crippen molar-refractivity contribution in [1.82, 2.24) is 29.8 Å². The molecule has 2 aliphatic heterocycles. The average Bonchev–Trinajstić information content (AvgIpc) is 3.38. The van der Waals surface area contributed by atoms with Gasteiger partial charge in [0.05, 0.1) is 18.9 Å². The second-order valence-electron chi connectivity index (χ2n) is 7.96. The van der Waals surface area contributed by atoms with Crippen LogP contribution in [-0.2, 0) is 18.3 Å². The van der Waals surface area contributed by atoms with Gasteiger partial charge in [0.15, 0.2) is 0 Å². The van der Waals surface area contributed by atoms with Crippen LogP contribution in [0.15, 0.2) is 24.7 Å². The number of aryl methyl sites for hydroxylation is 1. The molecule has 27 heavy (non-hydrogen) atoms. The topological polar surface area (TPSA) is 77.2 Å². The van der Waals surface area contributed by atoms with E-state index >= 15 is 0 Å². The highest BCUT2D eigenvalue weighted by Crippen LogP contribution is 2.34. The number of hydrogen-bond acceptors (Lipinski definition) is 5. The molecule has 2 aliphatic rings. The summed E-state index contributed by atoms with van der Waals surface area (Å²) in [6.07, 6.45) is 6.00. The molecule has 146 valence electrons. The summed E-state index contributed by atoms with van der Waals surface area (Å²) in [4.78, 5) is 14.7. The first kappa shape index (κ1) is 18.2. The highest BCUT2D eigenvalue weighted by Gasteiger charge is 2.43. The van der Waals surface area contributed by atoms with Crippen molar-refractivity contribution < 1.29 is 9.53 Å². The van der Waals surface area contributed by atoms with Crippen LogP contribution in [0.5, 0.6) is 0 Å². The van der Waals surface area contributed by atoms with E-state index in [1.165, 1.54) is 5.56 Å². The minimum atomic E-state index is -0.0746.